The third kappa shape index (κ3) is 7.08. The molecule has 0 amide bonds. The van der Waals surface area contributed by atoms with Gasteiger partial charge in [0.2, 0.25) is 11.8 Å². The van der Waals surface area contributed by atoms with Crippen LogP contribution in [0.5, 0.6) is 0 Å². The van der Waals surface area contributed by atoms with E-state index >= 15 is 0 Å². The molecule has 126 valence electrons. The minimum absolute atomic E-state index is 0.00127. The zero-order valence-electron chi connectivity index (χ0n) is 14.0. The lowest BCUT2D eigenvalue weighted by molar-refractivity contribution is -0.0591. The van der Waals surface area contributed by atoms with Crippen molar-refractivity contribution in [3.63, 3.8) is 0 Å². The quantitative estimate of drug-likeness (QED) is 0.678. The first-order valence-electron chi connectivity index (χ1n) is 7.05. The van der Waals surface area contributed by atoms with E-state index in [1.165, 1.54) is 0 Å². The number of alkyl halides is 3. The van der Waals surface area contributed by atoms with Crippen LogP contribution in [0.2, 0.25) is 0 Å². The smallest absolute Gasteiger partial charge is 0.352 e. The molecule has 0 saturated heterocycles. The lowest BCUT2D eigenvalue weighted by atomic mass is 9.98. The number of nitrogens with one attached hydrogen (secondary N) is 1. The normalized spacial score (nSPS) is 12.9. The molecule has 0 fully saturated rings. The Morgan fingerprint density at radius 2 is 1.74 bits per heavy atom. The maximum absolute atomic E-state index is 12.6. The van der Waals surface area contributed by atoms with Crippen LogP contribution in [-0.2, 0) is 0 Å². The fraction of sp³-hybridized carbons (Fsp3) is 0.600. The number of hydrogen-bond donors (Lipinski definition) is 1. The number of aromatic nitrogens is 3. The zero-order valence-corrected chi connectivity index (χ0v) is 14.0. The second-order valence-corrected chi connectivity index (χ2v) is 6.28. The Bertz CT molecular complexity index is 646. The Kier molecular flexibility index (Phi) is 5.70. The highest BCUT2D eigenvalue weighted by molar-refractivity contribution is 5.88. The van der Waals surface area contributed by atoms with Gasteiger partial charge in [-0.2, -0.15) is 28.1 Å². The van der Waals surface area contributed by atoms with E-state index in [2.05, 4.69) is 37.1 Å². The van der Waals surface area contributed by atoms with E-state index in [0.717, 1.165) is 6.92 Å². The van der Waals surface area contributed by atoms with Gasteiger partial charge < -0.3 is 5.32 Å². The average Bonchev–Trinajstić information content (AvgIpc) is 2.33. The predicted octanol–water partition coefficient (Wildman–Crippen LogP) is 3.74. The van der Waals surface area contributed by atoms with Crippen LogP contribution in [0.25, 0.3) is 0 Å². The van der Waals surface area contributed by atoms with Gasteiger partial charge in [0.1, 0.15) is 5.71 Å². The molecule has 1 N–H and O–H groups in total. The molecule has 0 aliphatic rings. The molecule has 0 aliphatic heterocycles. The van der Waals surface area contributed by atoms with Crippen LogP contribution < -0.4 is 5.32 Å². The van der Waals surface area contributed by atoms with Crippen molar-refractivity contribution in [2.75, 3.05) is 5.32 Å². The van der Waals surface area contributed by atoms with Crippen LogP contribution >= 0.6 is 0 Å². The molecule has 0 aromatic carbocycles. The number of rotatable bonds is 3. The van der Waals surface area contributed by atoms with Crippen molar-refractivity contribution in [2.45, 2.75) is 53.8 Å². The van der Waals surface area contributed by atoms with E-state index in [9.17, 15) is 13.2 Å². The van der Waals surface area contributed by atoms with Crippen molar-refractivity contribution in [3.8, 4) is 11.8 Å². The van der Waals surface area contributed by atoms with Gasteiger partial charge in [0.25, 0.3) is 5.95 Å². The summed E-state index contributed by atoms with van der Waals surface area (Å²) in [6.07, 6.45) is -4.53. The van der Waals surface area contributed by atoms with Crippen LogP contribution in [-0.4, -0.2) is 32.9 Å². The Morgan fingerprint density at radius 1 is 1.13 bits per heavy atom. The molecule has 0 bridgehead atoms. The molecule has 0 aliphatic carbocycles. The van der Waals surface area contributed by atoms with Gasteiger partial charge in [-0.3, -0.25) is 0 Å². The molecule has 23 heavy (non-hydrogen) atoms. The molecule has 0 radical (unpaired) electrons. The Balaban J connectivity index is 3.32. The van der Waals surface area contributed by atoms with Gasteiger partial charge in [-0.05, 0) is 47.5 Å². The highest BCUT2D eigenvalue weighted by Gasteiger charge is 2.32. The fourth-order valence-electron chi connectivity index (χ4n) is 1.25. The number of aliphatic imine (C=N–C) groups is 1. The fourth-order valence-corrected chi connectivity index (χ4v) is 1.25. The molecule has 0 unspecified atom stereocenters. The first-order valence-corrected chi connectivity index (χ1v) is 7.05. The van der Waals surface area contributed by atoms with Crippen molar-refractivity contribution in [2.24, 2.45) is 10.4 Å². The van der Waals surface area contributed by atoms with E-state index in [4.69, 9.17) is 0 Å². The average molecular weight is 327 g/mol. The Morgan fingerprint density at radius 3 is 2.22 bits per heavy atom. The number of halogens is 3. The first kappa shape index (κ1) is 18.9. The van der Waals surface area contributed by atoms with Crippen molar-refractivity contribution < 1.29 is 13.2 Å². The van der Waals surface area contributed by atoms with E-state index in [1.54, 1.807) is 0 Å². The summed E-state index contributed by atoms with van der Waals surface area (Å²) >= 11 is 0. The van der Waals surface area contributed by atoms with Gasteiger partial charge in [-0.1, -0.05) is 5.92 Å². The molecular formula is C15H20F3N5. The molecule has 1 aromatic heterocycles. The maximum Gasteiger partial charge on any atom is 0.429 e. The summed E-state index contributed by atoms with van der Waals surface area (Å²) in [7, 11) is 0. The van der Waals surface area contributed by atoms with Gasteiger partial charge in [0, 0.05) is 11.5 Å². The summed E-state index contributed by atoms with van der Waals surface area (Å²) < 4.78 is 37.8. The van der Waals surface area contributed by atoms with Gasteiger partial charge in [-0.15, -0.1) is 0 Å². The summed E-state index contributed by atoms with van der Waals surface area (Å²) in [6.45, 7) is 10.3. The molecule has 1 aromatic rings. The summed E-state index contributed by atoms with van der Waals surface area (Å²) in [6, 6.07) is 0.00127. The first-order chi connectivity index (χ1) is 10.4. The SMILES string of the molecule is CC(=Nc1nc(C#CC(C)(C)C)nc(NC(C)C)n1)C(F)(F)F. The monoisotopic (exact) mass is 327 g/mol. The molecule has 0 saturated carbocycles. The van der Waals surface area contributed by atoms with Gasteiger partial charge >= 0.3 is 6.18 Å². The van der Waals surface area contributed by atoms with Crippen LogP contribution in [0.3, 0.4) is 0 Å². The number of nitrogens with zero attached hydrogens (tertiary/aromatic N) is 4. The van der Waals surface area contributed by atoms with Crippen molar-refractivity contribution in [3.05, 3.63) is 5.82 Å². The van der Waals surface area contributed by atoms with Crippen LogP contribution in [0.4, 0.5) is 25.1 Å². The Labute approximate surface area is 133 Å². The topological polar surface area (TPSA) is 63.1 Å². The summed E-state index contributed by atoms with van der Waals surface area (Å²) in [4.78, 5) is 15.3. The minimum atomic E-state index is -4.53. The number of anilines is 1. The molecule has 8 heteroatoms. The molecule has 0 atom stereocenters. The molecular weight excluding hydrogens is 307 g/mol. The minimum Gasteiger partial charge on any atom is -0.352 e. The standard InChI is InChI=1S/C15H20F3N5/c1-9(2)19-12-21-11(7-8-14(4,5)6)22-13(23-12)20-10(3)15(16,17)18/h9H,1-6H3,(H,19,21,22,23). The van der Waals surface area contributed by atoms with E-state index in [1.807, 2.05) is 34.6 Å². The van der Waals surface area contributed by atoms with Crippen molar-refractivity contribution >= 4 is 17.6 Å². The van der Waals surface area contributed by atoms with Crippen LogP contribution in [0, 0.1) is 17.3 Å². The molecule has 1 rings (SSSR count). The highest BCUT2D eigenvalue weighted by Crippen LogP contribution is 2.20. The van der Waals surface area contributed by atoms with E-state index in [0.29, 0.717) is 0 Å². The third-order valence-corrected chi connectivity index (χ3v) is 2.27. The highest BCUT2D eigenvalue weighted by atomic mass is 19.4. The van der Waals surface area contributed by atoms with Crippen LogP contribution in [0.15, 0.2) is 4.99 Å². The number of hydrogen-bond acceptors (Lipinski definition) is 5. The summed E-state index contributed by atoms with van der Waals surface area (Å²) in [5, 5.41) is 2.91. The lowest BCUT2D eigenvalue weighted by Gasteiger charge is -2.10. The van der Waals surface area contributed by atoms with E-state index in [-0.39, 0.29) is 29.2 Å². The van der Waals surface area contributed by atoms with Gasteiger partial charge in [0.05, 0.1) is 0 Å². The largest absolute Gasteiger partial charge is 0.429 e. The summed E-state index contributed by atoms with van der Waals surface area (Å²) in [5.41, 5.74) is -1.32. The van der Waals surface area contributed by atoms with Crippen LogP contribution in [0.1, 0.15) is 47.4 Å². The molecule has 5 nitrogen and oxygen atoms in total. The molecule has 1 heterocycles. The second-order valence-electron chi connectivity index (χ2n) is 6.28. The predicted molar refractivity (Wildman–Crippen MR) is 83.7 cm³/mol. The van der Waals surface area contributed by atoms with Crippen molar-refractivity contribution in [1.29, 1.82) is 0 Å². The van der Waals surface area contributed by atoms with E-state index < -0.39 is 11.9 Å². The van der Waals surface area contributed by atoms with Gasteiger partial charge in [-0.25, -0.2) is 4.99 Å². The second kappa shape index (κ2) is 6.94. The zero-order chi connectivity index (χ0) is 17.8. The van der Waals surface area contributed by atoms with Crippen molar-refractivity contribution in [1.82, 2.24) is 15.0 Å². The lowest BCUT2D eigenvalue weighted by Crippen LogP contribution is -2.19. The van der Waals surface area contributed by atoms with Gasteiger partial charge in [0.15, 0.2) is 0 Å². The summed E-state index contributed by atoms with van der Waals surface area (Å²) in [5.74, 6) is 5.57. The third-order valence-electron chi connectivity index (χ3n) is 2.27. The Hall–Kier alpha value is -2.17. The molecule has 0 spiro atoms. The maximum atomic E-state index is 12.6.